The zero-order chi connectivity index (χ0) is 14.3. The minimum Gasteiger partial charge on any atom is -0.493 e. The molecule has 1 aromatic carbocycles. The van der Waals surface area contributed by atoms with Crippen molar-refractivity contribution in [3.05, 3.63) is 38.8 Å². The number of amides is 1. The first kappa shape index (κ1) is 13.5. The summed E-state index contributed by atoms with van der Waals surface area (Å²) in [5.74, 6) is 0.315. The van der Waals surface area contributed by atoms with E-state index < -0.39 is 11.4 Å². The zero-order valence-corrected chi connectivity index (χ0v) is 12.7. The van der Waals surface area contributed by atoms with Crippen LogP contribution in [0.3, 0.4) is 0 Å². The number of hydrogen-bond donors (Lipinski definition) is 1. The molecule has 0 aromatic heterocycles. The number of hydrogen-bond acceptors (Lipinski definition) is 3. The van der Waals surface area contributed by atoms with Crippen LogP contribution in [-0.4, -0.2) is 12.5 Å². The molecule has 2 aliphatic rings. The number of nitriles is 1. The number of fused-ring (bicyclic) bond motifs is 2. The number of rotatable bonds is 0. The lowest BCUT2D eigenvalue weighted by atomic mass is 9.79. The molecule has 6 heteroatoms. The van der Waals surface area contributed by atoms with E-state index in [2.05, 4.69) is 21.2 Å². The summed E-state index contributed by atoms with van der Waals surface area (Å²) in [5, 5.41) is 12.2. The molecule has 1 N–H and O–H groups in total. The summed E-state index contributed by atoms with van der Waals surface area (Å²) in [7, 11) is 0. The quantitative estimate of drug-likeness (QED) is 0.780. The molecule has 102 valence electrons. The van der Waals surface area contributed by atoms with Crippen LogP contribution in [0.4, 0.5) is 0 Å². The molecule has 20 heavy (non-hydrogen) atoms. The maximum Gasteiger partial charge on any atom is 0.263 e. The highest BCUT2D eigenvalue weighted by atomic mass is 79.9. The first-order chi connectivity index (χ1) is 9.55. The van der Waals surface area contributed by atoms with Crippen LogP contribution in [0, 0.1) is 11.3 Å². The third kappa shape index (κ3) is 2.00. The predicted octanol–water partition coefficient (Wildman–Crippen LogP) is 2.96. The van der Waals surface area contributed by atoms with E-state index in [1.165, 1.54) is 0 Å². The summed E-state index contributed by atoms with van der Waals surface area (Å²) in [6.45, 7) is 0.496. The number of ether oxygens (including phenoxy) is 1. The molecule has 0 bridgehead atoms. The highest BCUT2D eigenvalue weighted by molar-refractivity contribution is 9.10. The van der Waals surface area contributed by atoms with Crippen LogP contribution < -0.4 is 10.1 Å². The molecule has 0 aliphatic carbocycles. The van der Waals surface area contributed by atoms with Crippen molar-refractivity contribution in [2.24, 2.45) is 0 Å². The molecule has 0 saturated carbocycles. The molecule has 0 saturated heterocycles. The fourth-order valence-corrected chi connectivity index (χ4v) is 3.40. The SMILES string of the molecule is N#CC1=C(Cl)C[C@]2(CCOc3cc(Br)ccc32)NC1=O. The van der Waals surface area contributed by atoms with Gasteiger partial charge in [-0.05, 0) is 12.1 Å². The molecule has 2 aliphatic heterocycles. The van der Waals surface area contributed by atoms with E-state index in [1.807, 2.05) is 24.3 Å². The van der Waals surface area contributed by atoms with Gasteiger partial charge in [0, 0.05) is 27.9 Å². The van der Waals surface area contributed by atoms with Crippen molar-refractivity contribution in [3.63, 3.8) is 0 Å². The van der Waals surface area contributed by atoms with Crippen molar-refractivity contribution in [3.8, 4) is 11.8 Å². The molecule has 0 radical (unpaired) electrons. The van der Waals surface area contributed by atoms with Crippen molar-refractivity contribution < 1.29 is 9.53 Å². The summed E-state index contributed by atoms with van der Waals surface area (Å²) in [6.07, 6.45) is 1.05. The molecular formula is C14H10BrClN2O2. The lowest BCUT2D eigenvalue weighted by Crippen LogP contribution is -2.51. The van der Waals surface area contributed by atoms with Gasteiger partial charge in [0.15, 0.2) is 0 Å². The van der Waals surface area contributed by atoms with Gasteiger partial charge >= 0.3 is 0 Å². The maximum atomic E-state index is 12.1. The first-order valence-electron chi connectivity index (χ1n) is 6.10. The fraction of sp³-hybridized carbons (Fsp3) is 0.286. The van der Waals surface area contributed by atoms with Gasteiger partial charge in [-0.15, -0.1) is 0 Å². The Kier molecular flexibility index (Phi) is 3.23. The normalized spacial score (nSPS) is 24.8. The molecule has 1 spiro atoms. The Morgan fingerprint density at radius 1 is 1.50 bits per heavy atom. The van der Waals surface area contributed by atoms with Gasteiger partial charge in [-0.3, -0.25) is 4.79 Å². The molecule has 1 aromatic rings. The Bertz CT molecular complexity index is 680. The molecule has 4 nitrogen and oxygen atoms in total. The Hall–Kier alpha value is -1.51. The first-order valence-corrected chi connectivity index (χ1v) is 7.27. The highest BCUT2D eigenvalue weighted by Crippen LogP contribution is 2.45. The smallest absolute Gasteiger partial charge is 0.263 e. The lowest BCUT2D eigenvalue weighted by molar-refractivity contribution is -0.120. The van der Waals surface area contributed by atoms with Crippen molar-refractivity contribution in [2.45, 2.75) is 18.4 Å². The van der Waals surface area contributed by atoms with Gasteiger partial charge in [-0.1, -0.05) is 33.6 Å². The average Bonchev–Trinajstić information content (AvgIpc) is 2.38. The monoisotopic (exact) mass is 352 g/mol. The van der Waals surface area contributed by atoms with Crippen LogP contribution in [0.2, 0.25) is 0 Å². The molecule has 1 atom stereocenters. The fourth-order valence-electron chi connectivity index (χ4n) is 2.71. The molecule has 3 rings (SSSR count). The van der Waals surface area contributed by atoms with E-state index in [-0.39, 0.29) is 5.57 Å². The second-order valence-corrected chi connectivity index (χ2v) is 6.22. The zero-order valence-electron chi connectivity index (χ0n) is 10.4. The molecule has 1 amide bonds. The Morgan fingerprint density at radius 3 is 3.00 bits per heavy atom. The number of nitrogens with one attached hydrogen (secondary N) is 1. The second-order valence-electron chi connectivity index (χ2n) is 4.84. The van der Waals surface area contributed by atoms with Crippen molar-refractivity contribution in [1.29, 1.82) is 5.26 Å². The minimum absolute atomic E-state index is 0.00226. The summed E-state index contributed by atoms with van der Waals surface area (Å²) < 4.78 is 6.56. The average molecular weight is 354 g/mol. The van der Waals surface area contributed by atoms with Gasteiger partial charge in [0.05, 0.1) is 12.1 Å². The van der Waals surface area contributed by atoms with Gasteiger partial charge in [0.2, 0.25) is 0 Å². The molecule has 0 fully saturated rings. The van der Waals surface area contributed by atoms with E-state index in [0.717, 1.165) is 15.8 Å². The lowest BCUT2D eigenvalue weighted by Gasteiger charge is -2.41. The second kappa shape index (κ2) is 4.80. The largest absolute Gasteiger partial charge is 0.493 e. The van der Waals surface area contributed by atoms with E-state index in [4.69, 9.17) is 21.6 Å². The van der Waals surface area contributed by atoms with Crippen LogP contribution in [0.1, 0.15) is 18.4 Å². The third-order valence-electron chi connectivity index (χ3n) is 3.67. The van der Waals surface area contributed by atoms with Crippen molar-refractivity contribution in [1.82, 2.24) is 5.32 Å². The van der Waals surface area contributed by atoms with E-state index in [0.29, 0.717) is 24.5 Å². The topological polar surface area (TPSA) is 62.1 Å². The van der Waals surface area contributed by atoms with E-state index >= 15 is 0 Å². The number of carbonyl (C=O) groups excluding carboxylic acids is 1. The summed E-state index contributed by atoms with van der Waals surface area (Å²) in [5.41, 5.74) is 0.320. The van der Waals surface area contributed by atoms with E-state index in [9.17, 15) is 4.79 Å². The van der Waals surface area contributed by atoms with E-state index in [1.54, 1.807) is 0 Å². The minimum atomic E-state index is -0.581. The van der Waals surface area contributed by atoms with Gasteiger partial charge in [0.25, 0.3) is 5.91 Å². The van der Waals surface area contributed by atoms with Crippen LogP contribution >= 0.6 is 27.5 Å². The van der Waals surface area contributed by atoms with Crippen LogP contribution in [0.15, 0.2) is 33.3 Å². The number of nitrogens with zero attached hydrogens (tertiary/aromatic N) is 1. The van der Waals surface area contributed by atoms with Gasteiger partial charge in [-0.2, -0.15) is 5.26 Å². The van der Waals surface area contributed by atoms with Crippen LogP contribution in [0.5, 0.6) is 5.75 Å². The van der Waals surface area contributed by atoms with Crippen LogP contribution in [-0.2, 0) is 10.3 Å². The molecule has 0 unspecified atom stereocenters. The standard InChI is InChI=1S/C14H10BrClN2O2/c15-8-1-2-10-12(5-8)20-4-3-14(10)6-11(16)9(7-17)13(19)18-14/h1-2,5H,3-4,6H2,(H,18,19)/t14-/m0/s1. The van der Waals surface area contributed by atoms with Crippen LogP contribution in [0.25, 0.3) is 0 Å². The number of benzene rings is 1. The van der Waals surface area contributed by atoms with Gasteiger partial charge in [0.1, 0.15) is 17.4 Å². The Morgan fingerprint density at radius 2 is 2.30 bits per heavy atom. The molecular weight excluding hydrogens is 344 g/mol. The van der Waals surface area contributed by atoms with Gasteiger partial charge in [-0.25, -0.2) is 0 Å². The predicted molar refractivity (Wildman–Crippen MR) is 77.2 cm³/mol. The summed E-state index contributed by atoms with van der Waals surface area (Å²) >= 11 is 9.55. The Labute approximate surface area is 129 Å². The van der Waals surface area contributed by atoms with Crippen molar-refractivity contribution in [2.75, 3.05) is 6.61 Å². The summed E-state index contributed by atoms with van der Waals surface area (Å²) in [6, 6.07) is 7.55. The van der Waals surface area contributed by atoms with Crippen molar-refractivity contribution >= 4 is 33.4 Å². The Balaban J connectivity index is 2.11. The summed E-state index contributed by atoms with van der Waals surface area (Å²) in [4.78, 5) is 12.1. The number of halogens is 2. The maximum absolute atomic E-state index is 12.1. The highest BCUT2D eigenvalue weighted by Gasteiger charge is 2.44. The van der Waals surface area contributed by atoms with Gasteiger partial charge < -0.3 is 10.1 Å². The molecule has 2 heterocycles. The number of carbonyl (C=O) groups is 1. The third-order valence-corrected chi connectivity index (χ3v) is 4.48.